The van der Waals surface area contributed by atoms with Crippen molar-refractivity contribution < 1.29 is 9.59 Å². The van der Waals surface area contributed by atoms with Crippen LogP contribution in [0.25, 0.3) is 11.0 Å². The van der Waals surface area contributed by atoms with E-state index in [1.165, 1.54) is 0 Å². The summed E-state index contributed by atoms with van der Waals surface area (Å²) in [7, 11) is 3.43. The van der Waals surface area contributed by atoms with Gasteiger partial charge in [0.2, 0.25) is 5.91 Å². The van der Waals surface area contributed by atoms with Gasteiger partial charge in [0.25, 0.3) is 0 Å². The van der Waals surface area contributed by atoms with E-state index < -0.39 is 0 Å². The number of anilines is 1. The summed E-state index contributed by atoms with van der Waals surface area (Å²) in [6.07, 6.45) is 1.23. The largest absolute Gasteiger partial charge is 0.341 e. The van der Waals surface area contributed by atoms with Gasteiger partial charge >= 0.3 is 11.7 Å². The summed E-state index contributed by atoms with van der Waals surface area (Å²) in [6, 6.07) is 3.16. The molecular weight excluding hydrogens is 334 g/mol. The fraction of sp³-hybridized carbons (Fsp3) is 0.500. The molecule has 0 saturated carbocycles. The van der Waals surface area contributed by atoms with Crippen LogP contribution in [0.4, 0.5) is 10.5 Å². The van der Waals surface area contributed by atoms with Crippen molar-refractivity contribution in [1.82, 2.24) is 19.4 Å². The van der Waals surface area contributed by atoms with Gasteiger partial charge in [-0.1, -0.05) is 6.92 Å². The molecule has 8 heteroatoms. The summed E-state index contributed by atoms with van der Waals surface area (Å²) >= 11 is 0. The second-order valence-electron chi connectivity index (χ2n) is 6.90. The third-order valence-corrected chi connectivity index (χ3v) is 4.91. The minimum absolute atomic E-state index is 0.0778. The fourth-order valence-electron chi connectivity index (χ4n) is 3.48. The maximum atomic E-state index is 12.4. The monoisotopic (exact) mass is 359 g/mol. The Kier molecular flexibility index (Phi) is 4.76. The average Bonchev–Trinajstić information content (AvgIpc) is 3.02. The first-order chi connectivity index (χ1) is 12.3. The number of urea groups is 1. The lowest BCUT2D eigenvalue weighted by Gasteiger charge is -2.17. The average molecular weight is 359 g/mol. The Morgan fingerprint density at radius 3 is 2.50 bits per heavy atom. The Morgan fingerprint density at radius 2 is 1.85 bits per heavy atom. The quantitative estimate of drug-likeness (QED) is 0.863. The number of fused-ring (bicyclic) bond motifs is 1. The number of aromatic nitrogens is 2. The molecule has 0 unspecified atom stereocenters. The maximum Gasteiger partial charge on any atom is 0.328 e. The number of hydrogen-bond acceptors (Lipinski definition) is 3. The molecule has 1 atom stereocenters. The zero-order valence-electron chi connectivity index (χ0n) is 15.6. The molecule has 1 saturated heterocycles. The van der Waals surface area contributed by atoms with Gasteiger partial charge in [-0.05, 0) is 31.0 Å². The second-order valence-corrected chi connectivity index (χ2v) is 6.90. The first kappa shape index (κ1) is 18.0. The topological polar surface area (TPSA) is 88.4 Å². The Labute approximate surface area is 151 Å². The van der Waals surface area contributed by atoms with Gasteiger partial charge in [0.05, 0.1) is 17.1 Å². The lowest BCUT2D eigenvalue weighted by molar-refractivity contribution is -0.127. The summed E-state index contributed by atoms with van der Waals surface area (Å²) < 4.78 is 3.13. The maximum absolute atomic E-state index is 12.4. The highest BCUT2D eigenvalue weighted by atomic mass is 16.2. The molecule has 140 valence electrons. The third-order valence-electron chi connectivity index (χ3n) is 4.91. The van der Waals surface area contributed by atoms with Gasteiger partial charge < -0.3 is 15.5 Å². The van der Waals surface area contributed by atoms with Crippen molar-refractivity contribution in [2.75, 3.05) is 18.4 Å². The molecule has 8 nitrogen and oxygen atoms in total. The summed E-state index contributed by atoms with van der Waals surface area (Å²) in [4.78, 5) is 38.1. The number of nitrogens with one attached hydrogen (secondary N) is 2. The number of rotatable bonds is 4. The van der Waals surface area contributed by atoms with Crippen LogP contribution in [0.3, 0.4) is 0 Å². The third kappa shape index (κ3) is 3.18. The summed E-state index contributed by atoms with van der Waals surface area (Å²) in [5.41, 5.74) is 2.97. The highest BCUT2D eigenvalue weighted by molar-refractivity contribution is 5.94. The van der Waals surface area contributed by atoms with Crippen LogP contribution >= 0.6 is 0 Å². The summed E-state index contributed by atoms with van der Waals surface area (Å²) in [5, 5.41) is 5.71. The van der Waals surface area contributed by atoms with Crippen LogP contribution in [0.5, 0.6) is 0 Å². The SMILES string of the molecule is CCCN1C[C@H](NC(=O)Nc2cc3c(cc2C)n(C)c(=O)n3C)CC1=O. The summed E-state index contributed by atoms with van der Waals surface area (Å²) in [5.74, 6) is 0.0778. The molecule has 1 fully saturated rings. The van der Waals surface area contributed by atoms with Crippen molar-refractivity contribution in [3.63, 3.8) is 0 Å². The molecule has 0 aliphatic carbocycles. The van der Waals surface area contributed by atoms with E-state index in [1.54, 1.807) is 34.2 Å². The number of nitrogens with zero attached hydrogens (tertiary/aromatic N) is 3. The van der Waals surface area contributed by atoms with Crippen LogP contribution in [-0.4, -0.2) is 45.1 Å². The van der Waals surface area contributed by atoms with E-state index in [0.717, 1.165) is 29.6 Å². The highest BCUT2D eigenvalue weighted by Gasteiger charge is 2.29. The van der Waals surface area contributed by atoms with Crippen molar-refractivity contribution in [2.45, 2.75) is 32.7 Å². The molecule has 1 aliphatic heterocycles. The molecule has 2 heterocycles. The van der Waals surface area contributed by atoms with Crippen LogP contribution in [-0.2, 0) is 18.9 Å². The number of benzene rings is 1. The van der Waals surface area contributed by atoms with Crippen LogP contribution in [0.2, 0.25) is 0 Å². The van der Waals surface area contributed by atoms with Crippen molar-refractivity contribution in [3.8, 4) is 0 Å². The van der Waals surface area contributed by atoms with Gasteiger partial charge in [0.1, 0.15) is 0 Å². The fourth-order valence-corrected chi connectivity index (χ4v) is 3.48. The molecule has 26 heavy (non-hydrogen) atoms. The Morgan fingerprint density at radius 1 is 1.19 bits per heavy atom. The zero-order chi connectivity index (χ0) is 19.0. The van der Waals surface area contributed by atoms with Crippen molar-refractivity contribution in [2.24, 2.45) is 14.1 Å². The van der Waals surface area contributed by atoms with Crippen molar-refractivity contribution in [3.05, 3.63) is 28.2 Å². The molecule has 1 aromatic carbocycles. The lowest BCUT2D eigenvalue weighted by atomic mass is 10.1. The molecule has 2 aromatic rings. The number of hydrogen-bond donors (Lipinski definition) is 2. The van der Waals surface area contributed by atoms with E-state index >= 15 is 0 Å². The Balaban J connectivity index is 1.74. The standard InChI is InChI=1S/C18H25N5O3/c1-5-6-23-10-12(8-16(23)24)19-17(25)20-13-9-15-14(7-11(13)2)21(3)18(26)22(15)4/h7,9,12H,5-6,8,10H2,1-4H3,(H2,19,20,25)/t12-/m1/s1. The van der Waals surface area contributed by atoms with Crippen LogP contribution < -0.4 is 16.3 Å². The van der Waals surface area contributed by atoms with E-state index in [-0.39, 0.29) is 23.7 Å². The number of aryl methyl sites for hydroxylation is 3. The minimum Gasteiger partial charge on any atom is -0.341 e. The smallest absolute Gasteiger partial charge is 0.328 e. The van der Waals surface area contributed by atoms with E-state index in [1.807, 2.05) is 19.9 Å². The Hall–Kier alpha value is -2.77. The van der Waals surface area contributed by atoms with Crippen LogP contribution in [0.1, 0.15) is 25.3 Å². The first-order valence-electron chi connectivity index (χ1n) is 8.83. The van der Waals surface area contributed by atoms with Crippen molar-refractivity contribution in [1.29, 1.82) is 0 Å². The molecule has 2 N–H and O–H groups in total. The van der Waals surface area contributed by atoms with Gasteiger partial charge in [0.15, 0.2) is 0 Å². The second kappa shape index (κ2) is 6.86. The molecule has 1 aliphatic rings. The van der Waals surface area contributed by atoms with Gasteiger partial charge in [-0.3, -0.25) is 13.9 Å². The molecule has 1 aromatic heterocycles. The molecule has 0 radical (unpaired) electrons. The predicted octanol–water partition coefficient (Wildman–Crippen LogP) is 1.32. The van der Waals surface area contributed by atoms with Gasteiger partial charge in [-0.15, -0.1) is 0 Å². The number of carbonyl (C=O) groups excluding carboxylic acids is 2. The molecule has 0 spiro atoms. The van der Waals surface area contributed by atoms with E-state index in [9.17, 15) is 14.4 Å². The molecular formula is C18H25N5O3. The minimum atomic E-state index is -0.343. The normalized spacial score (nSPS) is 17.2. The number of likely N-dealkylation sites (tertiary alicyclic amines) is 1. The highest BCUT2D eigenvalue weighted by Crippen LogP contribution is 2.22. The molecule has 3 rings (SSSR count). The Bertz CT molecular complexity index is 927. The van der Waals surface area contributed by atoms with Crippen molar-refractivity contribution >= 4 is 28.7 Å². The number of imidazole rings is 1. The number of amides is 3. The molecule has 3 amide bonds. The molecule has 0 bridgehead atoms. The van der Waals surface area contributed by atoms with E-state index in [4.69, 9.17) is 0 Å². The van der Waals surface area contributed by atoms with Gasteiger partial charge in [0, 0.05) is 39.3 Å². The number of carbonyl (C=O) groups is 2. The van der Waals surface area contributed by atoms with Crippen LogP contribution in [0, 0.1) is 6.92 Å². The first-order valence-corrected chi connectivity index (χ1v) is 8.83. The van der Waals surface area contributed by atoms with Crippen LogP contribution in [0.15, 0.2) is 16.9 Å². The predicted molar refractivity (Wildman–Crippen MR) is 100 cm³/mol. The summed E-state index contributed by atoms with van der Waals surface area (Å²) in [6.45, 7) is 5.17. The van der Waals surface area contributed by atoms with E-state index in [2.05, 4.69) is 10.6 Å². The van der Waals surface area contributed by atoms with E-state index in [0.29, 0.717) is 18.7 Å². The zero-order valence-corrected chi connectivity index (χ0v) is 15.6. The van der Waals surface area contributed by atoms with Gasteiger partial charge in [-0.2, -0.15) is 0 Å². The lowest BCUT2D eigenvalue weighted by Crippen LogP contribution is -2.39. The van der Waals surface area contributed by atoms with Gasteiger partial charge in [-0.25, -0.2) is 9.59 Å².